The van der Waals surface area contributed by atoms with Gasteiger partial charge in [0.2, 0.25) is 0 Å². The fraction of sp³-hybridized carbons (Fsp3) is 0.568. The topological polar surface area (TPSA) is 164 Å². The van der Waals surface area contributed by atoms with Gasteiger partial charge in [0.1, 0.15) is 45.4 Å². The average Bonchev–Trinajstić information content (AvgIpc) is 3.10. The number of hydrogen-bond acceptors (Lipinski definition) is 13. The third kappa shape index (κ3) is 12.1. The third-order valence-electron chi connectivity index (χ3n) is 9.71. The molecule has 0 aliphatic carbocycles. The van der Waals surface area contributed by atoms with E-state index in [0.717, 1.165) is 12.8 Å². The number of likely N-dealkylation sites (N-methyl/N-ethyl adjacent to an activating group) is 2. The van der Waals surface area contributed by atoms with Gasteiger partial charge in [-0.25, -0.2) is 19.2 Å². The number of amides is 2. The number of fused-ring (bicyclic) bond motifs is 1. The summed E-state index contributed by atoms with van der Waals surface area (Å²) in [7, 11) is 3.41. The second-order valence-electron chi connectivity index (χ2n) is 18.4. The number of rotatable bonds is 7. The normalized spacial score (nSPS) is 19.0. The van der Waals surface area contributed by atoms with Crippen LogP contribution in [0.2, 0.25) is 5.02 Å². The van der Waals surface area contributed by atoms with Crippen LogP contribution in [0.15, 0.2) is 45.6 Å². The highest BCUT2D eigenvalue weighted by atomic mass is 35.5. The Labute approximate surface area is 356 Å². The molecule has 2 aliphatic heterocycles. The molecule has 16 heteroatoms. The Bertz CT molecular complexity index is 2130. The maximum atomic E-state index is 14.3. The van der Waals surface area contributed by atoms with Crippen LogP contribution in [0, 0.1) is 0 Å². The van der Waals surface area contributed by atoms with Gasteiger partial charge in [-0.1, -0.05) is 23.7 Å². The van der Waals surface area contributed by atoms with Crippen molar-refractivity contribution in [1.29, 1.82) is 0 Å². The number of likely N-dealkylation sites (tertiary alicyclic amines) is 2. The summed E-state index contributed by atoms with van der Waals surface area (Å²) in [5, 5.41) is 0.148. The molecule has 0 bridgehead atoms. The number of ether oxygens (including phenoxy) is 6. The molecule has 15 nitrogen and oxygen atoms in total. The van der Waals surface area contributed by atoms with Gasteiger partial charge < -0.3 is 47.5 Å². The van der Waals surface area contributed by atoms with Gasteiger partial charge in [0.25, 0.3) is 0 Å². The minimum Gasteiger partial charge on any atom is -0.455 e. The van der Waals surface area contributed by atoms with E-state index >= 15 is 0 Å². The second-order valence-corrected chi connectivity index (χ2v) is 18.8. The molecule has 2 amide bonds. The summed E-state index contributed by atoms with van der Waals surface area (Å²) in [5.41, 5.74) is -2.61. The highest BCUT2D eigenvalue weighted by molar-refractivity contribution is 6.33. The largest absolute Gasteiger partial charge is 0.514 e. The van der Waals surface area contributed by atoms with Crippen LogP contribution < -0.4 is 14.9 Å². The molecule has 328 valence electrons. The molecule has 3 atom stereocenters. The predicted molar refractivity (Wildman–Crippen MR) is 225 cm³/mol. The minimum absolute atomic E-state index is 0.0835. The Morgan fingerprint density at radius 3 is 2.13 bits per heavy atom. The first-order valence-corrected chi connectivity index (χ1v) is 20.6. The average molecular weight is 856 g/mol. The number of carbonyl (C=O) groups is 4. The van der Waals surface area contributed by atoms with Crippen molar-refractivity contribution in [3.8, 4) is 22.8 Å². The smallest absolute Gasteiger partial charge is 0.455 e. The van der Waals surface area contributed by atoms with Crippen molar-refractivity contribution in [1.82, 2.24) is 14.7 Å². The number of hydrogen-bond donors (Lipinski definition) is 0. The maximum absolute atomic E-state index is 14.3. The Hall–Kier alpha value is -5.02. The van der Waals surface area contributed by atoms with E-state index in [1.165, 1.54) is 17.0 Å². The lowest BCUT2D eigenvalue weighted by molar-refractivity contribution is -0.0461. The van der Waals surface area contributed by atoms with E-state index in [4.69, 9.17) is 44.4 Å². The Balaban J connectivity index is 1.68. The summed E-state index contributed by atoms with van der Waals surface area (Å²) < 4.78 is 41.2. The summed E-state index contributed by atoms with van der Waals surface area (Å²) >= 11 is 6.61. The number of carbonyl (C=O) groups excluding carboxylic acids is 4. The summed E-state index contributed by atoms with van der Waals surface area (Å²) in [6.07, 6.45) is -1.63. The Kier molecular flexibility index (Phi) is 14.0. The van der Waals surface area contributed by atoms with Gasteiger partial charge >= 0.3 is 24.5 Å². The summed E-state index contributed by atoms with van der Waals surface area (Å²) in [4.78, 5) is 73.2. The van der Waals surface area contributed by atoms with E-state index in [-0.39, 0.29) is 52.9 Å². The number of nitrogens with zero attached hydrogens (tertiary/aromatic N) is 3. The van der Waals surface area contributed by atoms with Gasteiger partial charge in [-0.3, -0.25) is 4.79 Å². The fourth-order valence-corrected chi connectivity index (χ4v) is 7.43. The first-order chi connectivity index (χ1) is 27.9. The quantitative estimate of drug-likeness (QED) is 0.126. The zero-order valence-corrected chi connectivity index (χ0v) is 37.2. The first-order valence-electron chi connectivity index (χ1n) is 20.2. The van der Waals surface area contributed by atoms with Crippen molar-refractivity contribution in [2.24, 2.45) is 0 Å². The first kappa shape index (κ1) is 46.1. The van der Waals surface area contributed by atoms with Crippen molar-refractivity contribution in [3.05, 3.63) is 57.2 Å². The molecular weight excluding hydrogens is 798 g/mol. The Morgan fingerprint density at radius 2 is 1.48 bits per heavy atom. The van der Waals surface area contributed by atoms with E-state index in [2.05, 4.69) is 0 Å². The van der Waals surface area contributed by atoms with Crippen LogP contribution in [0.1, 0.15) is 99.5 Å². The molecule has 1 aromatic heterocycles. The van der Waals surface area contributed by atoms with Crippen LogP contribution in [-0.2, 0) is 18.9 Å². The summed E-state index contributed by atoms with van der Waals surface area (Å²) in [6, 6.07) is 8.92. The lowest BCUT2D eigenvalue weighted by atomic mass is 9.85. The molecule has 3 aromatic rings. The Morgan fingerprint density at radius 1 is 0.833 bits per heavy atom. The molecule has 2 aromatic carbocycles. The number of piperidine rings is 2. The lowest BCUT2D eigenvalue weighted by Crippen LogP contribution is -2.51. The van der Waals surface area contributed by atoms with Crippen molar-refractivity contribution in [2.75, 3.05) is 40.3 Å². The minimum atomic E-state index is -1.12. The monoisotopic (exact) mass is 855 g/mol. The maximum Gasteiger partial charge on any atom is 0.514 e. The fourth-order valence-electron chi connectivity index (χ4n) is 7.20. The molecule has 2 saturated heterocycles. The van der Waals surface area contributed by atoms with E-state index in [1.54, 1.807) is 98.5 Å². The lowest BCUT2D eigenvalue weighted by Gasteiger charge is -2.38. The third-order valence-corrected chi connectivity index (χ3v) is 10.0. The van der Waals surface area contributed by atoms with E-state index in [1.807, 2.05) is 11.9 Å². The predicted octanol–water partition coefficient (Wildman–Crippen LogP) is 9.39. The van der Waals surface area contributed by atoms with Gasteiger partial charge in [-0.05, 0) is 114 Å². The van der Waals surface area contributed by atoms with Crippen molar-refractivity contribution in [2.45, 2.75) is 123 Å². The molecule has 0 saturated carbocycles. The molecule has 2 fully saturated rings. The summed E-state index contributed by atoms with van der Waals surface area (Å²) in [6.45, 7) is 16.8. The van der Waals surface area contributed by atoms with Crippen molar-refractivity contribution < 1.29 is 52.0 Å². The van der Waals surface area contributed by atoms with Gasteiger partial charge in [0, 0.05) is 55.9 Å². The van der Waals surface area contributed by atoms with Gasteiger partial charge in [0.05, 0.1) is 11.1 Å². The van der Waals surface area contributed by atoms with Crippen molar-refractivity contribution in [3.63, 3.8) is 0 Å². The zero-order chi connectivity index (χ0) is 44.3. The van der Waals surface area contributed by atoms with Crippen LogP contribution >= 0.6 is 11.6 Å². The van der Waals surface area contributed by atoms with Gasteiger partial charge in [-0.2, -0.15) is 0 Å². The van der Waals surface area contributed by atoms with Crippen LogP contribution in [-0.4, -0.2) is 108 Å². The van der Waals surface area contributed by atoms with Crippen LogP contribution in [0.3, 0.4) is 0 Å². The van der Waals surface area contributed by atoms with Crippen LogP contribution in [0.5, 0.6) is 11.5 Å². The molecule has 0 radical (unpaired) electrons. The van der Waals surface area contributed by atoms with E-state index in [9.17, 15) is 24.0 Å². The molecule has 1 unspecified atom stereocenters. The molecular formula is C44H58ClN3O12. The van der Waals surface area contributed by atoms with Crippen LogP contribution in [0.25, 0.3) is 22.3 Å². The SMILES string of the molecule is CN1CC[C@H](c2c(OC(=O)N(C)CC3CCCCN3C(=O)OC(C)(C)C)cc(OC(=O)OC(C)(C)C)c3c(=O)cc(-c4ccccc4Cl)oc23)[C@H](OC(=O)OC(C)(C)C)C1. The van der Waals surface area contributed by atoms with Crippen LogP contribution in [0.4, 0.5) is 19.2 Å². The molecule has 0 spiro atoms. The molecule has 60 heavy (non-hydrogen) atoms. The molecule has 2 aliphatic rings. The number of benzene rings is 2. The van der Waals surface area contributed by atoms with Gasteiger partial charge in [-0.15, -0.1) is 0 Å². The summed E-state index contributed by atoms with van der Waals surface area (Å²) in [5.74, 6) is -1.09. The molecule has 0 N–H and O–H groups in total. The highest BCUT2D eigenvalue weighted by Gasteiger charge is 2.40. The number of halogens is 1. The zero-order valence-electron chi connectivity index (χ0n) is 36.5. The molecule has 3 heterocycles. The second kappa shape index (κ2) is 18.3. The van der Waals surface area contributed by atoms with Crippen molar-refractivity contribution >= 4 is 47.1 Å². The standard InChI is InChI=1S/C44H58ClN3O12/c1-42(2,3)58-39(51)48-20-15-14-16-26(48)24-47(11)38(50)55-32-23-33(56-40(52)59-43(4,5)6)36-30(49)22-31(27-17-12-13-18-29(27)45)54-37(36)35(32)28-19-21-46(10)25-34(28)57-41(53)60-44(7,8)9/h12-13,17-18,22-23,26,28,34H,14-16,19-21,24-25H2,1-11H3/t26?,28-,34+/m0/s1. The van der Waals surface area contributed by atoms with Gasteiger partial charge in [0.15, 0.2) is 11.2 Å². The van der Waals surface area contributed by atoms with E-state index in [0.29, 0.717) is 36.5 Å². The van der Waals surface area contributed by atoms with E-state index < -0.39 is 58.8 Å². The highest BCUT2D eigenvalue weighted by Crippen LogP contribution is 2.45. The molecule has 5 rings (SSSR count).